The van der Waals surface area contributed by atoms with Crippen LogP contribution >= 0.6 is 35.0 Å². The lowest BCUT2D eigenvalue weighted by Gasteiger charge is -2.06. The molecule has 4 nitrogen and oxygen atoms in total. The maximum atomic E-state index is 12.4. The third-order valence-corrected chi connectivity index (χ3v) is 5.62. The topological polar surface area (TPSA) is 46.4 Å². The highest BCUT2D eigenvalue weighted by Gasteiger charge is 2.24. The normalized spacial score (nSPS) is 16.9. The first-order valence-corrected chi connectivity index (χ1v) is 9.65. The van der Waals surface area contributed by atoms with E-state index in [0.717, 1.165) is 11.4 Å². The summed E-state index contributed by atoms with van der Waals surface area (Å²) in [7, 11) is 0. The zero-order chi connectivity index (χ0) is 18.8. The highest BCUT2D eigenvalue weighted by molar-refractivity contribution is 8.18. The molecule has 1 saturated heterocycles. The quantitative estimate of drug-likeness (QED) is 0.561. The van der Waals surface area contributed by atoms with Crippen LogP contribution in [0.3, 0.4) is 0 Å². The van der Waals surface area contributed by atoms with Crippen molar-refractivity contribution in [1.82, 2.24) is 9.88 Å². The van der Waals surface area contributed by atoms with Gasteiger partial charge in [-0.2, -0.15) is 0 Å². The SMILES string of the molecule is O=C1NC(=Nc2cccc(Cl)c2Cl)S/C1=C\c1cccn1-c1ccccc1. The number of amides is 1. The largest absolute Gasteiger partial charge is 0.317 e. The Morgan fingerprint density at radius 3 is 2.63 bits per heavy atom. The molecule has 1 N–H and O–H groups in total. The predicted molar refractivity (Wildman–Crippen MR) is 113 cm³/mol. The van der Waals surface area contributed by atoms with Gasteiger partial charge in [-0.1, -0.05) is 47.5 Å². The standard InChI is InChI=1S/C20H13Cl2N3OS/c21-15-9-4-10-16(18(15)22)23-20-24-19(26)17(27-20)12-14-8-5-11-25(14)13-6-2-1-3-7-13/h1-12H,(H,23,24,26)/b17-12-. The molecule has 1 fully saturated rings. The smallest absolute Gasteiger partial charge is 0.264 e. The molecule has 1 amide bonds. The fourth-order valence-electron chi connectivity index (χ4n) is 2.64. The van der Waals surface area contributed by atoms with Gasteiger partial charge in [0.2, 0.25) is 0 Å². The lowest BCUT2D eigenvalue weighted by atomic mass is 10.3. The number of benzene rings is 2. The van der Waals surface area contributed by atoms with Crippen molar-refractivity contribution in [2.45, 2.75) is 0 Å². The highest BCUT2D eigenvalue weighted by atomic mass is 35.5. The minimum atomic E-state index is -0.197. The number of nitrogens with zero attached hydrogens (tertiary/aromatic N) is 2. The number of aromatic nitrogens is 1. The molecule has 0 saturated carbocycles. The fraction of sp³-hybridized carbons (Fsp3) is 0. The van der Waals surface area contributed by atoms with Crippen LogP contribution in [-0.2, 0) is 4.79 Å². The fourth-order valence-corrected chi connectivity index (χ4v) is 3.80. The molecule has 1 aromatic heterocycles. The molecular weight excluding hydrogens is 401 g/mol. The summed E-state index contributed by atoms with van der Waals surface area (Å²) in [5.41, 5.74) is 2.44. The van der Waals surface area contributed by atoms with E-state index in [1.807, 2.05) is 59.3 Å². The van der Waals surface area contributed by atoms with Crippen molar-refractivity contribution in [1.29, 1.82) is 0 Å². The summed E-state index contributed by atoms with van der Waals surface area (Å²) in [5, 5.41) is 4.01. The van der Waals surface area contributed by atoms with Crippen LogP contribution < -0.4 is 5.32 Å². The number of nitrogens with one attached hydrogen (secondary N) is 1. The first-order chi connectivity index (χ1) is 13.1. The van der Waals surface area contributed by atoms with Crippen LogP contribution in [0.25, 0.3) is 11.8 Å². The molecule has 0 bridgehead atoms. The lowest BCUT2D eigenvalue weighted by molar-refractivity contribution is -0.115. The Balaban J connectivity index is 1.63. The summed E-state index contributed by atoms with van der Waals surface area (Å²) in [6.07, 6.45) is 3.80. The molecule has 0 radical (unpaired) electrons. The first-order valence-electron chi connectivity index (χ1n) is 8.08. The number of hydrogen-bond donors (Lipinski definition) is 1. The van der Waals surface area contributed by atoms with E-state index in [0.29, 0.717) is 25.8 Å². The van der Waals surface area contributed by atoms with Gasteiger partial charge in [-0.05, 0) is 54.2 Å². The van der Waals surface area contributed by atoms with E-state index < -0.39 is 0 Å². The van der Waals surface area contributed by atoms with Crippen molar-refractivity contribution in [2.75, 3.05) is 0 Å². The average molecular weight is 414 g/mol. The minimum Gasteiger partial charge on any atom is -0.317 e. The Morgan fingerprint density at radius 2 is 1.81 bits per heavy atom. The molecule has 2 aromatic carbocycles. The summed E-state index contributed by atoms with van der Waals surface area (Å²) < 4.78 is 2.02. The predicted octanol–water partition coefficient (Wildman–Crippen LogP) is 5.68. The molecule has 4 rings (SSSR count). The second kappa shape index (κ2) is 7.64. The van der Waals surface area contributed by atoms with Gasteiger partial charge >= 0.3 is 0 Å². The first kappa shape index (κ1) is 17.9. The second-order valence-corrected chi connectivity index (χ2v) is 7.51. The molecule has 7 heteroatoms. The van der Waals surface area contributed by atoms with E-state index in [2.05, 4.69) is 10.3 Å². The second-order valence-electron chi connectivity index (χ2n) is 5.69. The summed E-state index contributed by atoms with van der Waals surface area (Å²) in [4.78, 5) is 17.3. The van der Waals surface area contributed by atoms with Gasteiger partial charge in [0.1, 0.15) is 0 Å². The van der Waals surface area contributed by atoms with Gasteiger partial charge in [0.25, 0.3) is 5.91 Å². The Labute approximate surface area is 170 Å². The van der Waals surface area contributed by atoms with Gasteiger partial charge in [-0.25, -0.2) is 4.99 Å². The van der Waals surface area contributed by atoms with E-state index in [1.165, 1.54) is 11.8 Å². The Kier molecular flexibility index (Phi) is 5.07. The molecule has 0 spiro atoms. The summed E-state index contributed by atoms with van der Waals surface area (Å²) >= 11 is 13.5. The third kappa shape index (κ3) is 3.81. The van der Waals surface area contributed by atoms with Gasteiger partial charge in [0.15, 0.2) is 5.17 Å². The number of hydrogen-bond acceptors (Lipinski definition) is 3. The average Bonchev–Trinajstić information content (AvgIpc) is 3.27. The van der Waals surface area contributed by atoms with Crippen LogP contribution in [0, 0.1) is 0 Å². The van der Waals surface area contributed by atoms with Crippen molar-refractivity contribution in [3.8, 4) is 5.69 Å². The Bertz CT molecular complexity index is 1070. The summed E-state index contributed by atoms with van der Waals surface area (Å²) in [6, 6.07) is 19.0. The van der Waals surface area contributed by atoms with Crippen LogP contribution in [-0.4, -0.2) is 15.6 Å². The molecule has 1 aliphatic heterocycles. The van der Waals surface area contributed by atoms with E-state index in [-0.39, 0.29) is 5.91 Å². The van der Waals surface area contributed by atoms with Gasteiger partial charge in [-0.15, -0.1) is 0 Å². The van der Waals surface area contributed by atoms with Crippen molar-refractivity contribution in [3.63, 3.8) is 0 Å². The van der Waals surface area contributed by atoms with E-state index in [4.69, 9.17) is 23.2 Å². The molecule has 27 heavy (non-hydrogen) atoms. The lowest BCUT2D eigenvalue weighted by Crippen LogP contribution is -2.19. The number of aliphatic imine (C=N–C) groups is 1. The van der Waals surface area contributed by atoms with Crippen molar-refractivity contribution in [3.05, 3.63) is 87.5 Å². The zero-order valence-electron chi connectivity index (χ0n) is 13.9. The van der Waals surface area contributed by atoms with Crippen LogP contribution in [0.1, 0.15) is 5.69 Å². The summed E-state index contributed by atoms with van der Waals surface area (Å²) in [5.74, 6) is -0.197. The number of rotatable bonds is 3. The maximum Gasteiger partial charge on any atom is 0.264 e. The number of carbonyl (C=O) groups is 1. The monoisotopic (exact) mass is 413 g/mol. The number of para-hydroxylation sites is 1. The van der Waals surface area contributed by atoms with Crippen LogP contribution in [0.5, 0.6) is 0 Å². The molecule has 0 atom stereocenters. The number of thioether (sulfide) groups is 1. The van der Waals surface area contributed by atoms with Crippen molar-refractivity contribution in [2.24, 2.45) is 4.99 Å². The van der Waals surface area contributed by atoms with Crippen LogP contribution in [0.15, 0.2) is 76.8 Å². The van der Waals surface area contributed by atoms with E-state index >= 15 is 0 Å². The van der Waals surface area contributed by atoms with Crippen LogP contribution in [0.2, 0.25) is 10.0 Å². The Hall–Kier alpha value is -2.47. The number of halogens is 2. The van der Waals surface area contributed by atoms with Gasteiger partial charge in [-0.3, -0.25) is 4.79 Å². The van der Waals surface area contributed by atoms with E-state index in [9.17, 15) is 4.79 Å². The van der Waals surface area contributed by atoms with Crippen molar-refractivity contribution >= 4 is 57.8 Å². The molecule has 0 unspecified atom stereocenters. The highest BCUT2D eigenvalue weighted by Crippen LogP contribution is 2.34. The Morgan fingerprint density at radius 1 is 1.00 bits per heavy atom. The maximum absolute atomic E-state index is 12.4. The molecule has 0 aliphatic carbocycles. The third-order valence-electron chi connectivity index (χ3n) is 3.90. The number of carbonyl (C=O) groups excluding carboxylic acids is 1. The van der Waals surface area contributed by atoms with Crippen molar-refractivity contribution < 1.29 is 4.79 Å². The molecule has 3 aromatic rings. The van der Waals surface area contributed by atoms with Gasteiger partial charge in [0, 0.05) is 17.6 Å². The zero-order valence-corrected chi connectivity index (χ0v) is 16.2. The molecule has 134 valence electrons. The molecule has 1 aliphatic rings. The van der Waals surface area contributed by atoms with E-state index in [1.54, 1.807) is 18.2 Å². The minimum absolute atomic E-state index is 0.197. The van der Waals surface area contributed by atoms with Crippen LogP contribution in [0.4, 0.5) is 5.69 Å². The van der Waals surface area contributed by atoms with Gasteiger partial charge in [0.05, 0.1) is 20.6 Å². The molecule has 2 heterocycles. The molecular formula is C20H13Cl2N3OS. The number of amidine groups is 1. The van der Waals surface area contributed by atoms with Gasteiger partial charge < -0.3 is 9.88 Å². The summed E-state index contributed by atoms with van der Waals surface area (Å²) in [6.45, 7) is 0.